The highest BCUT2D eigenvalue weighted by Gasteiger charge is 1.99. The minimum Gasteiger partial charge on any atom is -0.395 e. The molecule has 0 heterocycles. The summed E-state index contributed by atoms with van der Waals surface area (Å²) >= 11 is 0. The molecule has 0 fully saturated rings. The molecule has 20 heavy (non-hydrogen) atoms. The molecule has 1 unspecified atom stereocenters. The SMILES string of the molecule is CCCCCCCCCCC/C=C/C(CO)NCCO. The average molecular weight is 285 g/mol. The number of unbranched alkanes of at least 4 members (excludes halogenated alkanes) is 9. The lowest BCUT2D eigenvalue weighted by Crippen LogP contribution is -2.32. The van der Waals surface area contributed by atoms with Gasteiger partial charge < -0.3 is 15.5 Å². The van der Waals surface area contributed by atoms with Gasteiger partial charge in [0, 0.05) is 12.6 Å². The van der Waals surface area contributed by atoms with E-state index >= 15 is 0 Å². The van der Waals surface area contributed by atoms with Crippen molar-refractivity contribution in [3.05, 3.63) is 12.2 Å². The largest absolute Gasteiger partial charge is 0.395 e. The summed E-state index contributed by atoms with van der Waals surface area (Å²) in [5.41, 5.74) is 0. The minimum atomic E-state index is -0.0132. The lowest BCUT2D eigenvalue weighted by Gasteiger charge is -2.10. The van der Waals surface area contributed by atoms with E-state index < -0.39 is 0 Å². The van der Waals surface area contributed by atoms with Crippen molar-refractivity contribution < 1.29 is 10.2 Å². The van der Waals surface area contributed by atoms with Gasteiger partial charge in [0.25, 0.3) is 0 Å². The van der Waals surface area contributed by atoms with Crippen molar-refractivity contribution in [2.75, 3.05) is 19.8 Å². The fourth-order valence-corrected chi connectivity index (χ4v) is 2.28. The fraction of sp³-hybridized carbons (Fsp3) is 0.882. The molecule has 1 atom stereocenters. The predicted octanol–water partition coefficient (Wildman–Crippen LogP) is 3.41. The van der Waals surface area contributed by atoms with Gasteiger partial charge in [-0.1, -0.05) is 70.4 Å². The quantitative estimate of drug-likeness (QED) is 0.319. The van der Waals surface area contributed by atoms with Crippen LogP contribution in [-0.4, -0.2) is 36.0 Å². The average Bonchev–Trinajstić information content (AvgIpc) is 2.48. The summed E-state index contributed by atoms with van der Waals surface area (Å²) in [6.07, 6.45) is 17.5. The Morgan fingerprint density at radius 3 is 2.05 bits per heavy atom. The Morgan fingerprint density at radius 2 is 1.50 bits per heavy atom. The Hall–Kier alpha value is -0.380. The molecule has 3 N–H and O–H groups in total. The molecule has 3 heteroatoms. The van der Waals surface area contributed by atoms with Gasteiger partial charge in [0.15, 0.2) is 0 Å². The van der Waals surface area contributed by atoms with Crippen LogP contribution in [0.3, 0.4) is 0 Å². The van der Waals surface area contributed by atoms with E-state index in [1.54, 1.807) is 0 Å². The van der Waals surface area contributed by atoms with E-state index in [9.17, 15) is 0 Å². The van der Waals surface area contributed by atoms with Crippen LogP contribution < -0.4 is 5.32 Å². The number of aliphatic hydroxyl groups is 2. The van der Waals surface area contributed by atoms with Gasteiger partial charge in [0.2, 0.25) is 0 Å². The van der Waals surface area contributed by atoms with Crippen molar-refractivity contribution in [1.82, 2.24) is 5.32 Å². The Balaban J connectivity index is 3.29. The fourth-order valence-electron chi connectivity index (χ4n) is 2.28. The summed E-state index contributed by atoms with van der Waals surface area (Å²) in [6, 6.07) is -0.0132. The molecular weight excluding hydrogens is 250 g/mol. The molecule has 120 valence electrons. The van der Waals surface area contributed by atoms with Gasteiger partial charge >= 0.3 is 0 Å². The maximum atomic E-state index is 9.12. The Bertz CT molecular complexity index is 207. The smallest absolute Gasteiger partial charge is 0.0620 e. The van der Waals surface area contributed by atoms with Gasteiger partial charge in [-0.25, -0.2) is 0 Å². The lowest BCUT2D eigenvalue weighted by atomic mass is 10.1. The third-order valence-electron chi connectivity index (χ3n) is 3.56. The number of hydrogen-bond donors (Lipinski definition) is 3. The van der Waals surface area contributed by atoms with Crippen LogP contribution in [0.15, 0.2) is 12.2 Å². The molecule has 0 aromatic carbocycles. The van der Waals surface area contributed by atoms with E-state index in [0.717, 1.165) is 6.42 Å². The summed E-state index contributed by atoms with van der Waals surface area (Å²) in [6.45, 7) is 3.00. The number of nitrogens with one attached hydrogen (secondary N) is 1. The highest BCUT2D eigenvalue weighted by molar-refractivity contribution is 4.92. The van der Waals surface area contributed by atoms with Crippen molar-refractivity contribution in [3.8, 4) is 0 Å². The Morgan fingerprint density at radius 1 is 0.900 bits per heavy atom. The third-order valence-corrected chi connectivity index (χ3v) is 3.56. The van der Waals surface area contributed by atoms with E-state index in [-0.39, 0.29) is 19.3 Å². The standard InChI is InChI=1S/C17H35NO2/c1-2-3-4-5-6-7-8-9-10-11-12-13-17(16-20)18-14-15-19/h12-13,17-20H,2-11,14-16H2,1H3/b13-12+. The molecule has 0 aliphatic rings. The van der Waals surface area contributed by atoms with Crippen molar-refractivity contribution in [2.24, 2.45) is 0 Å². The lowest BCUT2D eigenvalue weighted by molar-refractivity contribution is 0.244. The van der Waals surface area contributed by atoms with Crippen LogP contribution in [0.25, 0.3) is 0 Å². The van der Waals surface area contributed by atoms with Gasteiger partial charge in [-0.15, -0.1) is 0 Å². The second-order valence-electron chi connectivity index (χ2n) is 5.51. The number of allylic oxidation sites excluding steroid dienone is 1. The molecule has 0 amide bonds. The maximum absolute atomic E-state index is 9.12. The van der Waals surface area contributed by atoms with Crippen molar-refractivity contribution in [1.29, 1.82) is 0 Å². The first-order valence-corrected chi connectivity index (χ1v) is 8.46. The first-order valence-electron chi connectivity index (χ1n) is 8.46. The zero-order valence-electron chi connectivity index (χ0n) is 13.3. The van der Waals surface area contributed by atoms with Crippen LogP contribution in [0.1, 0.15) is 71.1 Å². The number of aliphatic hydroxyl groups excluding tert-OH is 2. The summed E-state index contributed by atoms with van der Waals surface area (Å²) in [5, 5.41) is 20.9. The van der Waals surface area contributed by atoms with Crippen LogP contribution >= 0.6 is 0 Å². The van der Waals surface area contributed by atoms with Crippen LogP contribution in [0, 0.1) is 0 Å². The maximum Gasteiger partial charge on any atom is 0.0620 e. The normalized spacial score (nSPS) is 13.2. The van der Waals surface area contributed by atoms with Crippen LogP contribution in [0.4, 0.5) is 0 Å². The monoisotopic (exact) mass is 285 g/mol. The molecular formula is C17H35NO2. The van der Waals surface area contributed by atoms with Crippen LogP contribution in [0.2, 0.25) is 0 Å². The first-order chi connectivity index (χ1) is 9.85. The van der Waals surface area contributed by atoms with E-state index in [1.165, 1.54) is 57.8 Å². The van der Waals surface area contributed by atoms with E-state index in [1.807, 2.05) is 6.08 Å². The third kappa shape index (κ3) is 14.0. The molecule has 0 bridgehead atoms. The summed E-state index contributed by atoms with van der Waals surface area (Å²) < 4.78 is 0. The number of hydrogen-bond acceptors (Lipinski definition) is 3. The molecule has 0 aromatic heterocycles. The van der Waals surface area contributed by atoms with E-state index in [2.05, 4.69) is 18.3 Å². The highest BCUT2D eigenvalue weighted by atomic mass is 16.3. The molecule has 0 aliphatic carbocycles. The van der Waals surface area contributed by atoms with Gasteiger partial charge in [0.1, 0.15) is 0 Å². The Kier molecular flexibility index (Phi) is 16.4. The van der Waals surface area contributed by atoms with Crippen LogP contribution in [-0.2, 0) is 0 Å². The molecule has 0 saturated heterocycles. The van der Waals surface area contributed by atoms with Gasteiger partial charge in [-0.2, -0.15) is 0 Å². The topological polar surface area (TPSA) is 52.5 Å². The van der Waals surface area contributed by atoms with E-state index in [4.69, 9.17) is 10.2 Å². The van der Waals surface area contributed by atoms with Crippen molar-refractivity contribution in [3.63, 3.8) is 0 Å². The van der Waals surface area contributed by atoms with Gasteiger partial charge in [0.05, 0.1) is 13.2 Å². The highest BCUT2D eigenvalue weighted by Crippen LogP contribution is 2.10. The second kappa shape index (κ2) is 16.7. The zero-order chi connectivity index (χ0) is 14.9. The van der Waals surface area contributed by atoms with Crippen molar-refractivity contribution in [2.45, 2.75) is 77.2 Å². The number of rotatable bonds is 15. The molecule has 0 radical (unpaired) electrons. The summed E-state index contributed by atoms with van der Waals surface area (Å²) in [7, 11) is 0. The second-order valence-corrected chi connectivity index (χ2v) is 5.51. The molecule has 3 nitrogen and oxygen atoms in total. The first kappa shape index (κ1) is 19.6. The molecule has 0 aliphatic heterocycles. The van der Waals surface area contributed by atoms with Gasteiger partial charge in [-0.05, 0) is 12.8 Å². The summed E-state index contributed by atoms with van der Waals surface area (Å²) in [5.74, 6) is 0. The molecule has 0 spiro atoms. The predicted molar refractivity (Wildman–Crippen MR) is 86.9 cm³/mol. The summed E-state index contributed by atoms with van der Waals surface area (Å²) in [4.78, 5) is 0. The Labute approximate surface area is 125 Å². The van der Waals surface area contributed by atoms with Crippen molar-refractivity contribution >= 4 is 0 Å². The van der Waals surface area contributed by atoms with Crippen LogP contribution in [0.5, 0.6) is 0 Å². The molecule has 0 aromatic rings. The zero-order valence-corrected chi connectivity index (χ0v) is 13.3. The van der Waals surface area contributed by atoms with E-state index in [0.29, 0.717) is 6.54 Å². The molecule has 0 saturated carbocycles. The minimum absolute atomic E-state index is 0.0132. The van der Waals surface area contributed by atoms with Gasteiger partial charge in [-0.3, -0.25) is 0 Å². The molecule has 0 rings (SSSR count).